The Kier molecular flexibility index (Phi) is 4.08. The van der Waals surface area contributed by atoms with Crippen LogP contribution in [0.5, 0.6) is 0 Å². The van der Waals surface area contributed by atoms with Gasteiger partial charge in [-0.05, 0) is 33.6 Å². The van der Waals surface area contributed by atoms with Gasteiger partial charge in [-0.15, -0.1) is 0 Å². The molecule has 1 aliphatic carbocycles. The van der Waals surface area contributed by atoms with E-state index in [2.05, 4.69) is 5.32 Å². The van der Waals surface area contributed by atoms with Crippen LogP contribution in [0.4, 0.5) is 0 Å². The van der Waals surface area contributed by atoms with Crippen molar-refractivity contribution in [2.45, 2.75) is 56.7 Å². The van der Waals surface area contributed by atoms with E-state index in [0.29, 0.717) is 12.8 Å². The van der Waals surface area contributed by atoms with E-state index >= 15 is 0 Å². The van der Waals surface area contributed by atoms with Crippen LogP contribution in [0.3, 0.4) is 0 Å². The minimum atomic E-state index is -3.30. The molecular formula is C14H24N2O4S. The molecule has 0 bridgehead atoms. The van der Waals surface area contributed by atoms with E-state index < -0.39 is 20.1 Å². The standard InChI is InChI=1S/C14H24N2O4S/c1-13(2,3)21(19,20)9-8-16-10-11(17)15-14(12(16)18)6-4-5-7-14/h4-10H2,1-3H3,(H,15,17). The number of piperazine rings is 1. The molecule has 1 aliphatic heterocycles. The highest BCUT2D eigenvalue weighted by atomic mass is 32.2. The summed E-state index contributed by atoms with van der Waals surface area (Å²) in [7, 11) is -3.30. The average Bonchev–Trinajstić information content (AvgIpc) is 2.80. The quantitative estimate of drug-likeness (QED) is 0.820. The molecule has 0 atom stereocenters. The third kappa shape index (κ3) is 3.07. The summed E-state index contributed by atoms with van der Waals surface area (Å²) in [5.74, 6) is -0.417. The molecule has 0 aromatic rings. The summed E-state index contributed by atoms with van der Waals surface area (Å²) in [6.45, 7) is 4.98. The number of carbonyl (C=O) groups excluding carboxylic acids is 2. The maximum atomic E-state index is 12.6. The Morgan fingerprint density at radius 3 is 2.29 bits per heavy atom. The first-order valence-corrected chi connectivity index (χ1v) is 9.05. The van der Waals surface area contributed by atoms with Crippen LogP contribution in [0.2, 0.25) is 0 Å². The zero-order valence-corrected chi connectivity index (χ0v) is 13.8. The summed E-state index contributed by atoms with van der Waals surface area (Å²) >= 11 is 0. The summed E-state index contributed by atoms with van der Waals surface area (Å²) in [5.41, 5.74) is -0.777. The summed E-state index contributed by atoms with van der Waals surface area (Å²) in [6, 6.07) is 0. The van der Waals surface area contributed by atoms with Crippen LogP contribution in [-0.2, 0) is 19.4 Å². The highest BCUT2D eigenvalue weighted by Gasteiger charge is 2.48. The van der Waals surface area contributed by atoms with Crippen LogP contribution in [-0.4, -0.2) is 54.3 Å². The van der Waals surface area contributed by atoms with Crippen LogP contribution >= 0.6 is 0 Å². The van der Waals surface area contributed by atoms with Gasteiger partial charge < -0.3 is 10.2 Å². The van der Waals surface area contributed by atoms with Crippen LogP contribution in [0.15, 0.2) is 0 Å². The van der Waals surface area contributed by atoms with E-state index in [0.717, 1.165) is 12.8 Å². The predicted molar refractivity (Wildman–Crippen MR) is 79.5 cm³/mol. The molecule has 1 spiro atoms. The summed E-state index contributed by atoms with van der Waals surface area (Å²) < 4.78 is 23.5. The first kappa shape index (κ1) is 16.3. The third-order valence-electron chi connectivity index (χ3n) is 4.43. The van der Waals surface area contributed by atoms with Gasteiger partial charge in [-0.1, -0.05) is 12.8 Å². The fourth-order valence-corrected chi connectivity index (χ4v) is 4.02. The largest absolute Gasteiger partial charge is 0.340 e. The van der Waals surface area contributed by atoms with Crippen molar-refractivity contribution < 1.29 is 18.0 Å². The lowest BCUT2D eigenvalue weighted by atomic mass is 9.93. The van der Waals surface area contributed by atoms with Gasteiger partial charge in [0.25, 0.3) is 0 Å². The van der Waals surface area contributed by atoms with Crippen molar-refractivity contribution >= 4 is 21.7 Å². The van der Waals surface area contributed by atoms with Gasteiger partial charge in [0.2, 0.25) is 11.8 Å². The van der Waals surface area contributed by atoms with Crippen molar-refractivity contribution in [3.05, 3.63) is 0 Å². The summed E-state index contributed by atoms with van der Waals surface area (Å²) in [4.78, 5) is 25.8. The van der Waals surface area contributed by atoms with Gasteiger partial charge in [-0.3, -0.25) is 9.59 Å². The second kappa shape index (κ2) is 5.26. The Labute approximate surface area is 126 Å². The van der Waals surface area contributed by atoms with E-state index in [1.807, 2.05) is 0 Å². The summed E-state index contributed by atoms with van der Waals surface area (Å²) in [5, 5.41) is 2.82. The van der Waals surface area contributed by atoms with Crippen LogP contribution in [0.1, 0.15) is 46.5 Å². The van der Waals surface area contributed by atoms with Gasteiger partial charge >= 0.3 is 0 Å². The molecule has 2 fully saturated rings. The molecule has 2 aliphatic rings. The smallest absolute Gasteiger partial charge is 0.248 e. The van der Waals surface area contributed by atoms with Crippen molar-refractivity contribution in [1.82, 2.24) is 10.2 Å². The van der Waals surface area contributed by atoms with E-state index in [9.17, 15) is 18.0 Å². The lowest BCUT2D eigenvalue weighted by molar-refractivity contribution is -0.149. The molecule has 0 unspecified atom stereocenters. The second-order valence-corrected chi connectivity index (χ2v) is 9.86. The molecule has 21 heavy (non-hydrogen) atoms. The van der Waals surface area contributed by atoms with Gasteiger partial charge in [0.15, 0.2) is 9.84 Å². The minimum absolute atomic E-state index is 0.0414. The fourth-order valence-electron chi connectivity index (χ4n) is 2.94. The van der Waals surface area contributed by atoms with Gasteiger partial charge in [-0.2, -0.15) is 0 Å². The van der Waals surface area contributed by atoms with E-state index in [-0.39, 0.29) is 30.7 Å². The molecule has 1 saturated carbocycles. The van der Waals surface area contributed by atoms with Crippen molar-refractivity contribution in [1.29, 1.82) is 0 Å². The number of carbonyl (C=O) groups is 2. The van der Waals surface area contributed by atoms with Gasteiger partial charge in [0.1, 0.15) is 5.54 Å². The molecule has 0 aromatic heterocycles. The SMILES string of the molecule is CC(C)(C)S(=O)(=O)CCN1CC(=O)NC2(CCCC2)C1=O. The molecule has 2 amide bonds. The number of amides is 2. The zero-order chi connectivity index (χ0) is 15.9. The first-order chi connectivity index (χ1) is 9.57. The van der Waals surface area contributed by atoms with E-state index in [1.54, 1.807) is 20.8 Å². The Hall–Kier alpha value is -1.11. The Morgan fingerprint density at radius 1 is 1.19 bits per heavy atom. The maximum absolute atomic E-state index is 12.6. The predicted octanol–water partition coefficient (Wildman–Crippen LogP) is 0.471. The average molecular weight is 316 g/mol. The topological polar surface area (TPSA) is 83.6 Å². The lowest BCUT2D eigenvalue weighted by Gasteiger charge is -2.39. The number of hydrogen-bond donors (Lipinski definition) is 1. The molecule has 120 valence electrons. The van der Waals surface area contributed by atoms with E-state index in [4.69, 9.17) is 0 Å². The van der Waals surface area contributed by atoms with Crippen LogP contribution in [0.25, 0.3) is 0 Å². The van der Waals surface area contributed by atoms with Crippen molar-refractivity contribution in [2.24, 2.45) is 0 Å². The molecule has 6 nitrogen and oxygen atoms in total. The van der Waals surface area contributed by atoms with E-state index in [1.165, 1.54) is 4.90 Å². The van der Waals surface area contributed by atoms with Gasteiger partial charge in [-0.25, -0.2) is 8.42 Å². The molecule has 1 heterocycles. The molecule has 2 rings (SSSR count). The minimum Gasteiger partial charge on any atom is -0.340 e. The zero-order valence-electron chi connectivity index (χ0n) is 12.9. The normalized spacial score (nSPS) is 22.7. The monoisotopic (exact) mass is 316 g/mol. The second-order valence-electron chi connectivity index (χ2n) is 7.00. The van der Waals surface area contributed by atoms with Gasteiger partial charge in [0, 0.05) is 6.54 Å². The molecular weight excluding hydrogens is 292 g/mol. The third-order valence-corrected chi connectivity index (χ3v) is 7.02. The highest BCUT2D eigenvalue weighted by Crippen LogP contribution is 2.33. The molecule has 0 radical (unpaired) electrons. The lowest BCUT2D eigenvalue weighted by Crippen LogP contribution is -2.66. The number of nitrogens with zero attached hydrogens (tertiary/aromatic N) is 1. The number of nitrogens with one attached hydrogen (secondary N) is 1. The van der Waals surface area contributed by atoms with Crippen molar-refractivity contribution in [3.8, 4) is 0 Å². The Balaban J connectivity index is 2.10. The van der Waals surface area contributed by atoms with Gasteiger partial charge in [0.05, 0.1) is 17.0 Å². The fraction of sp³-hybridized carbons (Fsp3) is 0.857. The van der Waals surface area contributed by atoms with Crippen molar-refractivity contribution in [3.63, 3.8) is 0 Å². The highest BCUT2D eigenvalue weighted by molar-refractivity contribution is 7.92. The molecule has 0 aromatic carbocycles. The maximum Gasteiger partial charge on any atom is 0.248 e. The Morgan fingerprint density at radius 2 is 1.76 bits per heavy atom. The Bertz CT molecular complexity index is 542. The molecule has 1 saturated heterocycles. The number of hydrogen-bond acceptors (Lipinski definition) is 4. The number of rotatable bonds is 3. The molecule has 7 heteroatoms. The van der Waals surface area contributed by atoms with Crippen molar-refractivity contribution in [2.75, 3.05) is 18.8 Å². The van der Waals surface area contributed by atoms with Crippen LogP contribution < -0.4 is 5.32 Å². The first-order valence-electron chi connectivity index (χ1n) is 7.40. The number of sulfone groups is 1. The van der Waals surface area contributed by atoms with Crippen LogP contribution in [0, 0.1) is 0 Å². The summed E-state index contributed by atoms with van der Waals surface area (Å²) in [6.07, 6.45) is 3.14. The molecule has 1 N–H and O–H groups in total.